The van der Waals surface area contributed by atoms with Crippen LogP contribution in [0.2, 0.25) is 0 Å². The van der Waals surface area contributed by atoms with Crippen molar-refractivity contribution in [2.24, 2.45) is 0 Å². The predicted molar refractivity (Wildman–Crippen MR) is 78.2 cm³/mol. The highest BCUT2D eigenvalue weighted by Gasteiger charge is 2.41. The van der Waals surface area contributed by atoms with Gasteiger partial charge in [-0.2, -0.15) is 0 Å². The maximum atomic E-state index is 12.2. The second-order valence-electron chi connectivity index (χ2n) is 4.00. The van der Waals surface area contributed by atoms with E-state index in [1.54, 1.807) is 13.0 Å². The Morgan fingerprint density at radius 3 is 2.85 bits per heavy atom. The van der Waals surface area contributed by atoms with Crippen LogP contribution in [-0.2, 0) is 14.3 Å². The highest BCUT2D eigenvalue weighted by Crippen LogP contribution is 2.34. The largest absolute Gasteiger partial charge is 0.464 e. The number of hydrogen-bond donors (Lipinski definition) is 0. The van der Waals surface area contributed by atoms with E-state index >= 15 is 0 Å². The number of hydrogen-bond acceptors (Lipinski definition) is 6. The number of nitrogens with zero attached hydrogens (tertiary/aromatic N) is 1. The van der Waals surface area contributed by atoms with Crippen LogP contribution in [0.25, 0.3) is 6.08 Å². The summed E-state index contributed by atoms with van der Waals surface area (Å²) in [6.45, 7) is 3.38. The van der Waals surface area contributed by atoms with Gasteiger partial charge < -0.3 is 4.74 Å². The van der Waals surface area contributed by atoms with E-state index in [9.17, 15) is 14.4 Å². The molecule has 2 amide bonds. The highest BCUT2D eigenvalue weighted by atomic mass is 32.2. The molecule has 1 fully saturated rings. The SMILES string of the molecule is CCOC(=O)C(C)N1C(=O)S/C(=C/c2cccs2)C1=O. The molecule has 1 saturated heterocycles. The molecule has 1 unspecified atom stereocenters. The molecule has 106 valence electrons. The van der Waals surface area contributed by atoms with Crippen LogP contribution in [0.15, 0.2) is 22.4 Å². The predicted octanol–water partition coefficient (Wildman–Crippen LogP) is 2.74. The van der Waals surface area contributed by atoms with Gasteiger partial charge >= 0.3 is 5.97 Å². The normalized spacial score (nSPS) is 18.7. The van der Waals surface area contributed by atoms with Crippen LogP contribution in [0.4, 0.5) is 4.79 Å². The molecule has 0 radical (unpaired) electrons. The molecular weight excluding hydrogens is 298 g/mol. The van der Waals surface area contributed by atoms with E-state index in [2.05, 4.69) is 0 Å². The summed E-state index contributed by atoms with van der Waals surface area (Å²) in [5.41, 5.74) is 0. The van der Waals surface area contributed by atoms with Gasteiger partial charge in [-0.25, -0.2) is 4.79 Å². The van der Waals surface area contributed by atoms with Crippen molar-refractivity contribution >= 4 is 46.3 Å². The van der Waals surface area contributed by atoms with Crippen molar-refractivity contribution in [2.75, 3.05) is 6.61 Å². The van der Waals surface area contributed by atoms with Gasteiger partial charge in [-0.05, 0) is 43.1 Å². The van der Waals surface area contributed by atoms with Crippen LogP contribution < -0.4 is 0 Å². The summed E-state index contributed by atoms with van der Waals surface area (Å²) < 4.78 is 4.84. The molecule has 0 saturated carbocycles. The third kappa shape index (κ3) is 2.94. The van der Waals surface area contributed by atoms with Crippen molar-refractivity contribution in [1.29, 1.82) is 0 Å². The Bertz CT molecular complexity index is 565. The van der Waals surface area contributed by atoms with Crippen LogP contribution in [0.5, 0.6) is 0 Å². The first-order valence-corrected chi connectivity index (χ1v) is 7.71. The molecule has 1 atom stereocenters. The molecule has 20 heavy (non-hydrogen) atoms. The van der Waals surface area contributed by atoms with Gasteiger partial charge in [0.25, 0.3) is 11.1 Å². The molecule has 0 spiro atoms. The average Bonchev–Trinajstić information content (AvgIpc) is 2.99. The fourth-order valence-corrected chi connectivity index (χ4v) is 3.32. The van der Waals surface area contributed by atoms with Gasteiger partial charge in [0.15, 0.2) is 0 Å². The zero-order valence-corrected chi connectivity index (χ0v) is 12.6. The Hall–Kier alpha value is -1.60. The topological polar surface area (TPSA) is 63.7 Å². The maximum Gasteiger partial charge on any atom is 0.329 e. The average molecular weight is 311 g/mol. The van der Waals surface area contributed by atoms with Gasteiger partial charge in [-0.3, -0.25) is 14.5 Å². The molecule has 0 aromatic carbocycles. The van der Waals surface area contributed by atoms with Crippen LogP contribution in [-0.4, -0.2) is 34.7 Å². The zero-order chi connectivity index (χ0) is 14.7. The number of amides is 2. The maximum absolute atomic E-state index is 12.2. The molecule has 1 aromatic rings. The van der Waals surface area contributed by atoms with E-state index in [0.717, 1.165) is 21.5 Å². The lowest BCUT2D eigenvalue weighted by molar-refractivity contribution is -0.150. The fraction of sp³-hybridized carbons (Fsp3) is 0.308. The smallest absolute Gasteiger partial charge is 0.329 e. The summed E-state index contributed by atoms with van der Waals surface area (Å²) in [6.07, 6.45) is 1.66. The van der Waals surface area contributed by atoms with E-state index in [1.807, 2.05) is 17.5 Å². The van der Waals surface area contributed by atoms with Gasteiger partial charge in [0.2, 0.25) is 0 Å². The molecule has 0 N–H and O–H groups in total. The van der Waals surface area contributed by atoms with Crippen molar-refractivity contribution in [3.8, 4) is 0 Å². The van der Waals surface area contributed by atoms with E-state index in [0.29, 0.717) is 4.91 Å². The Labute approximate surface area is 124 Å². The van der Waals surface area contributed by atoms with Crippen molar-refractivity contribution in [2.45, 2.75) is 19.9 Å². The minimum absolute atomic E-state index is 0.213. The van der Waals surface area contributed by atoms with E-state index in [-0.39, 0.29) is 6.61 Å². The summed E-state index contributed by atoms with van der Waals surface area (Å²) in [4.78, 5) is 37.9. The summed E-state index contributed by atoms with van der Waals surface area (Å²) in [6, 6.07) is 2.81. The molecule has 0 aliphatic carbocycles. The molecular formula is C13H13NO4S2. The Kier molecular flexibility index (Phi) is 4.61. The van der Waals surface area contributed by atoms with Gasteiger partial charge in [0.05, 0.1) is 11.5 Å². The molecule has 0 bridgehead atoms. The van der Waals surface area contributed by atoms with Crippen LogP contribution >= 0.6 is 23.1 Å². The van der Waals surface area contributed by atoms with E-state index in [1.165, 1.54) is 18.3 Å². The Balaban J connectivity index is 2.19. The number of thioether (sulfide) groups is 1. The fourth-order valence-electron chi connectivity index (χ4n) is 1.68. The van der Waals surface area contributed by atoms with Crippen LogP contribution in [0.3, 0.4) is 0 Å². The van der Waals surface area contributed by atoms with Crippen molar-refractivity contribution < 1.29 is 19.1 Å². The van der Waals surface area contributed by atoms with E-state index < -0.39 is 23.2 Å². The molecule has 2 rings (SSSR count). The highest BCUT2D eigenvalue weighted by molar-refractivity contribution is 8.18. The molecule has 5 nitrogen and oxygen atoms in total. The van der Waals surface area contributed by atoms with Crippen LogP contribution in [0.1, 0.15) is 18.7 Å². The molecule has 1 aliphatic rings. The Morgan fingerprint density at radius 2 is 2.25 bits per heavy atom. The number of esters is 1. The molecule has 1 aliphatic heterocycles. The minimum atomic E-state index is -0.906. The summed E-state index contributed by atoms with van der Waals surface area (Å²) in [5.74, 6) is -1.03. The number of carbonyl (C=O) groups is 3. The lowest BCUT2D eigenvalue weighted by atomic mass is 10.3. The molecule has 7 heteroatoms. The quantitative estimate of drug-likeness (QED) is 0.632. The van der Waals surface area contributed by atoms with Gasteiger partial charge in [0.1, 0.15) is 6.04 Å². The van der Waals surface area contributed by atoms with Crippen molar-refractivity contribution in [3.05, 3.63) is 27.3 Å². The summed E-state index contributed by atoms with van der Waals surface area (Å²) >= 11 is 2.31. The first-order chi connectivity index (χ1) is 9.54. The first kappa shape index (κ1) is 14.8. The number of thiophene rings is 1. The number of ether oxygens (including phenoxy) is 1. The monoisotopic (exact) mass is 311 g/mol. The first-order valence-electron chi connectivity index (χ1n) is 6.01. The lowest BCUT2D eigenvalue weighted by Crippen LogP contribution is -2.42. The lowest BCUT2D eigenvalue weighted by Gasteiger charge is -2.19. The third-order valence-electron chi connectivity index (χ3n) is 2.66. The number of carbonyl (C=O) groups excluding carboxylic acids is 3. The van der Waals surface area contributed by atoms with Gasteiger partial charge in [0, 0.05) is 4.88 Å². The van der Waals surface area contributed by atoms with Crippen LogP contribution in [0, 0.1) is 0 Å². The number of rotatable bonds is 4. The summed E-state index contributed by atoms with van der Waals surface area (Å²) in [7, 11) is 0. The summed E-state index contributed by atoms with van der Waals surface area (Å²) in [5, 5.41) is 1.44. The minimum Gasteiger partial charge on any atom is -0.464 e. The number of imide groups is 1. The van der Waals surface area contributed by atoms with Crippen molar-refractivity contribution in [1.82, 2.24) is 4.90 Å². The van der Waals surface area contributed by atoms with Gasteiger partial charge in [-0.15, -0.1) is 11.3 Å². The second-order valence-corrected chi connectivity index (χ2v) is 5.97. The Morgan fingerprint density at radius 1 is 1.50 bits per heavy atom. The third-order valence-corrected chi connectivity index (χ3v) is 4.36. The zero-order valence-electron chi connectivity index (χ0n) is 11.0. The molecule has 1 aromatic heterocycles. The van der Waals surface area contributed by atoms with E-state index in [4.69, 9.17) is 4.74 Å². The second kappa shape index (κ2) is 6.23. The molecule has 2 heterocycles. The van der Waals surface area contributed by atoms with Crippen molar-refractivity contribution in [3.63, 3.8) is 0 Å². The standard InChI is InChI=1S/C13H13NO4S2/c1-3-18-12(16)8(2)14-11(15)10(20-13(14)17)7-9-5-4-6-19-9/h4-8H,3H2,1-2H3/b10-7+. The van der Waals surface area contributed by atoms with Gasteiger partial charge in [-0.1, -0.05) is 6.07 Å².